The van der Waals surface area contributed by atoms with Gasteiger partial charge in [0.15, 0.2) is 5.69 Å². The summed E-state index contributed by atoms with van der Waals surface area (Å²) < 4.78 is 6.36. The second kappa shape index (κ2) is 9.53. The van der Waals surface area contributed by atoms with Crippen molar-refractivity contribution in [2.24, 2.45) is 10.2 Å². The maximum atomic E-state index is 12.8. The van der Waals surface area contributed by atoms with E-state index >= 15 is 0 Å². The fraction of sp³-hybridized carbons (Fsp3) is 0.400. The molecule has 0 atom stereocenters. The van der Waals surface area contributed by atoms with Crippen molar-refractivity contribution in [2.45, 2.75) is 46.1 Å². The number of benzene rings is 1. The zero-order chi connectivity index (χ0) is 19.8. The standard InChI is InChI=1S/C20H24N4O3/c1-4-5-6-7-11-24-19(25)17(13-21)14(2)18(20(24)26)23-22-15-9-8-10-16(12-15)27-3/h8-10,12,25H,4-7,11H2,1-3H3. The van der Waals surface area contributed by atoms with Gasteiger partial charge in [-0.3, -0.25) is 9.36 Å². The Morgan fingerprint density at radius 2 is 2.04 bits per heavy atom. The second-order valence-corrected chi connectivity index (χ2v) is 6.20. The number of methoxy groups -OCH3 is 1. The summed E-state index contributed by atoms with van der Waals surface area (Å²) in [6.07, 6.45) is 3.80. The smallest absolute Gasteiger partial charge is 0.281 e. The molecule has 0 bridgehead atoms. The van der Waals surface area contributed by atoms with E-state index in [-0.39, 0.29) is 17.1 Å². The minimum Gasteiger partial charge on any atom is -0.497 e. The number of rotatable bonds is 8. The van der Waals surface area contributed by atoms with Crippen LogP contribution in [0.5, 0.6) is 11.6 Å². The zero-order valence-corrected chi connectivity index (χ0v) is 15.9. The largest absolute Gasteiger partial charge is 0.497 e. The topological polar surface area (TPSA) is 100.0 Å². The molecule has 142 valence electrons. The molecule has 0 saturated heterocycles. The molecule has 7 nitrogen and oxygen atoms in total. The summed E-state index contributed by atoms with van der Waals surface area (Å²) in [6.45, 7) is 4.02. The summed E-state index contributed by atoms with van der Waals surface area (Å²) in [5, 5.41) is 27.9. The predicted octanol–water partition coefficient (Wildman–Crippen LogP) is 4.74. The summed E-state index contributed by atoms with van der Waals surface area (Å²) in [5.74, 6) is 0.316. The van der Waals surface area contributed by atoms with E-state index in [2.05, 4.69) is 17.2 Å². The second-order valence-electron chi connectivity index (χ2n) is 6.20. The van der Waals surface area contributed by atoms with Crippen molar-refractivity contribution in [3.8, 4) is 17.7 Å². The van der Waals surface area contributed by atoms with Crippen molar-refractivity contribution in [1.82, 2.24) is 4.57 Å². The monoisotopic (exact) mass is 368 g/mol. The number of nitrogens with zero attached hydrogens (tertiary/aromatic N) is 4. The minimum absolute atomic E-state index is 0.0460. The Balaban J connectivity index is 2.44. The van der Waals surface area contributed by atoms with Crippen LogP contribution in [0, 0.1) is 18.3 Å². The van der Waals surface area contributed by atoms with E-state index < -0.39 is 5.56 Å². The Labute approximate surface area is 158 Å². The van der Waals surface area contributed by atoms with Gasteiger partial charge in [0.1, 0.15) is 17.4 Å². The molecule has 2 rings (SSSR count). The lowest BCUT2D eigenvalue weighted by Gasteiger charge is -2.12. The lowest BCUT2D eigenvalue weighted by molar-refractivity contribution is 0.397. The molecule has 1 heterocycles. The molecule has 1 aromatic carbocycles. The molecular formula is C20H24N4O3. The first-order chi connectivity index (χ1) is 13.0. The molecule has 0 radical (unpaired) electrons. The average molecular weight is 368 g/mol. The average Bonchev–Trinajstić information content (AvgIpc) is 2.67. The van der Waals surface area contributed by atoms with Crippen LogP contribution in [0.1, 0.15) is 43.7 Å². The van der Waals surface area contributed by atoms with Crippen molar-refractivity contribution in [2.75, 3.05) is 7.11 Å². The maximum Gasteiger partial charge on any atom is 0.281 e. The van der Waals surface area contributed by atoms with Crippen LogP contribution < -0.4 is 10.3 Å². The number of nitriles is 1. The molecule has 0 fully saturated rings. The highest BCUT2D eigenvalue weighted by Gasteiger charge is 2.18. The van der Waals surface area contributed by atoms with E-state index in [9.17, 15) is 15.2 Å². The van der Waals surface area contributed by atoms with Crippen LogP contribution in [-0.2, 0) is 6.54 Å². The molecule has 0 aliphatic heterocycles. The molecule has 27 heavy (non-hydrogen) atoms. The number of aromatic hydroxyl groups is 1. The van der Waals surface area contributed by atoms with E-state index in [4.69, 9.17) is 4.74 Å². The predicted molar refractivity (Wildman–Crippen MR) is 103 cm³/mol. The van der Waals surface area contributed by atoms with Gasteiger partial charge in [0, 0.05) is 18.2 Å². The van der Waals surface area contributed by atoms with Gasteiger partial charge in [0.2, 0.25) is 5.88 Å². The Bertz CT molecular complexity index is 926. The molecule has 0 saturated carbocycles. The lowest BCUT2D eigenvalue weighted by Crippen LogP contribution is -2.22. The normalized spacial score (nSPS) is 10.9. The Hall–Kier alpha value is -3.14. The Morgan fingerprint density at radius 3 is 2.70 bits per heavy atom. The summed E-state index contributed by atoms with van der Waals surface area (Å²) in [7, 11) is 1.55. The van der Waals surface area contributed by atoms with Crippen LogP contribution in [-0.4, -0.2) is 16.8 Å². The third-order valence-electron chi connectivity index (χ3n) is 4.32. The molecule has 2 aromatic rings. The number of hydrogen-bond donors (Lipinski definition) is 1. The van der Waals surface area contributed by atoms with Crippen LogP contribution in [0.2, 0.25) is 0 Å². The summed E-state index contributed by atoms with van der Waals surface area (Å²) >= 11 is 0. The van der Waals surface area contributed by atoms with Gasteiger partial charge in [-0.2, -0.15) is 10.4 Å². The van der Waals surface area contributed by atoms with Gasteiger partial charge in [0.25, 0.3) is 5.56 Å². The van der Waals surface area contributed by atoms with Gasteiger partial charge in [-0.25, -0.2) is 0 Å². The van der Waals surface area contributed by atoms with Gasteiger partial charge in [-0.15, -0.1) is 5.11 Å². The first-order valence-electron chi connectivity index (χ1n) is 8.95. The van der Waals surface area contributed by atoms with Gasteiger partial charge >= 0.3 is 0 Å². The number of ether oxygens (including phenoxy) is 1. The first kappa shape index (κ1) is 20.2. The van der Waals surface area contributed by atoms with E-state index in [0.717, 1.165) is 25.7 Å². The molecule has 7 heteroatoms. The van der Waals surface area contributed by atoms with Crippen LogP contribution in [0.25, 0.3) is 0 Å². The molecule has 0 aliphatic rings. The number of hydrogen-bond acceptors (Lipinski definition) is 6. The van der Waals surface area contributed by atoms with Crippen molar-refractivity contribution >= 4 is 11.4 Å². The number of unbranched alkanes of at least 4 members (excludes halogenated alkanes) is 3. The number of azo groups is 1. The Morgan fingerprint density at radius 1 is 1.26 bits per heavy atom. The van der Waals surface area contributed by atoms with Gasteiger partial charge < -0.3 is 9.84 Å². The highest BCUT2D eigenvalue weighted by atomic mass is 16.5. The number of aromatic nitrogens is 1. The molecule has 0 spiro atoms. The summed E-state index contributed by atoms with van der Waals surface area (Å²) in [5.41, 5.74) is 0.491. The SMILES string of the molecule is CCCCCCn1c(O)c(C#N)c(C)c(N=Nc2cccc(OC)c2)c1=O. The van der Waals surface area contributed by atoms with Gasteiger partial charge in [-0.05, 0) is 25.5 Å². The Kier molecular flexibility index (Phi) is 7.12. The molecule has 1 aromatic heterocycles. The summed E-state index contributed by atoms with van der Waals surface area (Å²) in [4.78, 5) is 12.8. The van der Waals surface area contributed by atoms with Crippen molar-refractivity contribution in [3.63, 3.8) is 0 Å². The quantitative estimate of drug-likeness (QED) is 0.537. The highest BCUT2D eigenvalue weighted by molar-refractivity contribution is 5.56. The van der Waals surface area contributed by atoms with Gasteiger partial charge in [0.05, 0.1) is 12.8 Å². The fourth-order valence-electron chi connectivity index (χ4n) is 2.74. The van der Waals surface area contributed by atoms with E-state index in [1.807, 2.05) is 6.07 Å². The first-order valence-corrected chi connectivity index (χ1v) is 8.95. The van der Waals surface area contributed by atoms with Crippen molar-refractivity contribution in [3.05, 3.63) is 45.7 Å². The summed E-state index contributed by atoms with van der Waals surface area (Å²) in [6, 6.07) is 8.93. The van der Waals surface area contributed by atoms with Crippen LogP contribution in [0.3, 0.4) is 0 Å². The molecule has 0 aliphatic carbocycles. The van der Waals surface area contributed by atoms with Crippen LogP contribution >= 0.6 is 0 Å². The highest BCUT2D eigenvalue weighted by Crippen LogP contribution is 2.28. The van der Waals surface area contributed by atoms with E-state index in [1.165, 1.54) is 4.57 Å². The van der Waals surface area contributed by atoms with Crippen LogP contribution in [0.4, 0.5) is 11.4 Å². The molecular weight excluding hydrogens is 344 g/mol. The molecule has 0 unspecified atom stereocenters. The van der Waals surface area contributed by atoms with E-state index in [1.54, 1.807) is 38.3 Å². The van der Waals surface area contributed by atoms with Gasteiger partial charge in [-0.1, -0.05) is 32.3 Å². The zero-order valence-electron chi connectivity index (χ0n) is 15.9. The molecule has 0 amide bonds. The molecule has 1 N–H and O–H groups in total. The third kappa shape index (κ3) is 4.73. The fourth-order valence-corrected chi connectivity index (χ4v) is 2.74. The van der Waals surface area contributed by atoms with Crippen molar-refractivity contribution < 1.29 is 9.84 Å². The lowest BCUT2D eigenvalue weighted by atomic mass is 10.1. The third-order valence-corrected chi connectivity index (χ3v) is 4.32. The number of pyridine rings is 1. The van der Waals surface area contributed by atoms with E-state index in [0.29, 0.717) is 23.5 Å². The maximum absolute atomic E-state index is 12.8. The minimum atomic E-state index is -0.452. The van der Waals surface area contributed by atoms with Crippen molar-refractivity contribution in [1.29, 1.82) is 5.26 Å². The van der Waals surface area contributed by atoms with Crippen LogP contribution in [0.15, 0.2) is 39.3 Å².